The summed E-state index contributed by atoms with van der Waals surface area (Å²) in [6.07, 6.45) is 2.10. The number of benzene rings is 6. The maximum Gasteiger partial charge on any atom is 0.0933 e. The highest BCUT2D eigenvalue weighted by Gasteiger charge is 2.12. The lowest BCUT2D eigenvalue weighted by Gasteiger charge is -2.12. The van der Waals surface area contributed by atoms with Crippen LogP contribution in [0, 0.1) is 0 Å². The molecule has 0 unspecified atom stereocenters. The van der Waals surface area contributed by atoms with Crippen molar-refractivity contribution in [3.05, 3.63) is 164 Å². The van der Waals surface area contributed by atoms with Crippen molar-refractivity contribution in [2.75, 3.05) is 0 Å². The lowest BCUT2D eigenvalue weighted by Crippen LogP contribution is -1.92. The second-order valence-corrected chi connectivity index (χ2v) is 11.6. The molecule has 3 nitrogen and oxygen atoms in total. The van der Waals surface area contributed by atoms with Crippen molar-refractivity contribution in [2.45, 2.75) is 0 Å². The van der Waals surface area contributed by atoms with Gasteiger partial charge in [0, 0.05) is 28.3 Å². The Morgan fingerprint density at radius 3 is 1.51 bits per heavy atom. The Labute approximate surface area is 260 Å². The van der Waals surface area contributed by atoms with Crippen molar-refractivity contribution in [1.82, 2.24) is 14.6 Å². The van der Waals surface area contributed by atoms with Gasteiger partial charge < -0.3 is 0 Å². The van der Waals surface area contributed by atoms with E-state index in [1.807, 2.05) is 4.52 Å². The third-order valence-electron chi connectivity index (χ3n) is 8.73. The topological polar surface area (TPSA) is 30.2 Å². The van der Waals surface area contributed by atoms with Gasteiger partial charge in [0.15, 0.2) is 0 Å². The van der Waals surface area contributed by atoms with E-state index in [9.17, 15) is 0 Å². The lowest BCUT2D eigenvalue weighted by atomic mass is 9.96. The molecule has 6 aromatic carbocycles. The van der Waals surface area contributed by atoms with Crippen molar-refractivity contribution in [1.29, 1.82) is 0 Å². The molecule has 0 aliphatic heterocycles. The summed E-state index contributed by atoms with van der Waals surface area (Å²) in [4.78, 5) is 5.23. The Hall–Kier alpha value is -6.06. The first kappa shape index (κ1) is 25.4. The molecule has 0 saturated carbocycles. The minimum absolute atomic E-state index is 0.950. The lowest BCUT2D eigenvalue weighted by molar-refractivity contribution is 0.974. The molecule has 0 aliphatic rings. The van der Waals surface area contributed by atoms with Crippen LogP contribution in [0.2, 0.25) is 0 Å². The normalized spacial score (nSPS) is 11.6. The number of nitrogens with zero attached hydrogens (tertiary/aromatic N) is 3. The summed E-state index contributed by atoms with van der Waals surface area (Å²) in [5.74, 6) is 0. The van der Waals surface area contributed by atoms with E-state index in [1.165, 1.54) is 32.3 Å². The van der Waals surface area contributed by atoms with E-state index in [2.05, 4.69) is 164 Å². The van der Waals surface area contributed by atoms with Gasteiger partial charge in [0.2, 0.25) is 0 Å². The fraction of sp³-hybridized carbons (Fsp3) is 0. The first-order chi connectivity index (χ1) is 22.2. The summed E-state index contributed by atoms with van der Waals surface area (Å²) < 4.78 is 1.98. The maximum atomic E-state index is 5.23. The Morgan fingerprint density at radius 2 is 0.867 bits per heavy atom. The fourth-order valence-electron chi connectivity index (χ4n) is 6.36. The number of rotatable bonds is 4. The van der Waals surface area contributed by atoms with Gasteiger partial charge in [-0.3, -0.25) is 0 Å². The smallest absolute Gasteiger partial charge is 0.0933 e. The van der Waals surface area contributed by atoms with Crippen LogP contribution >= 0.6 is 0 Å². The van der Waals surface area contributed by atoms with E-state index in [-0.39, 0.29) is 0 Å². The Kier molecular flexibility index (Phi) is 5.82. The SMILES string of the molecule is c1cc(-c2cc(-c3ccc4ccccc4c3)nc(-c3ccc4ccccc4c3)c2)cc(-c2cc3cc4ccccc4cn3n2)c1. The van der Waals surface area contributed by atoms with Gasteiger partial charge in [-0.15, -0.1) is 0 Å². The number of pyridine rings is 2. The van der Waals surface area contributed by atoms with Gasteiger partial charge >= 0.3 is 0 Å². The van der Waals surface area contributed by atoms with Crippen molar-refractivity contribution >= 4 is 37.8 Å². The highest BCUT2D eigenvalue weighted by Crippen LogP contribution is 2.34. The monoisotopic (exact) mass is 573 g/mol. The van der Waals surface area contributed by atoms with Gasteiger partial charge in [-0.1, -0.05) is 115 Å². The van der Waals surface area contributed by atoms with Crippen LogP contribution in [0.1, 0.15) is 0 Å². The second-order valence-electron chi connectivity index (χ2n) is 11.6. The van der Waals surface area contributed by atoms with E-state index in [0.29, 0.717) is 0 Å². The average molecular weight is 574 g/mol. The standard InChI is InChI=1S/C42H27N3/c1-3-10-30-20-35(18-16-28(30)8-1)40-24-38(25-41(43-40)36-19-17-29-9-2-4-11-31(29)21-36)32-14-7-15-34(22-32)42-26-39-23-33-12-5-6-13-37(33)27-45(39)44-42/h1-27H. The Morgan fingerprint density at radius 1 is 0.333 bits per heavy atom. The van der Waals surface area contributed by atoms with Crippen molar-refractivity contribution in [3.8, 4) is 44.9 Å². The first-order valence-electron chi connectivity index (χ1n) is 15.2. The van der Waals surface area contributed by atoms with E-state index in [1.54, 1.807) is 0 Å². The Balaban J connectivity index is 1.19. The average Bonchev–Trinajstić information content (AvgIpc) is 3.53. The van der Waals surface area contributed by atoms with Crippen LogP contribution in [-0.4, -0.2) is 14.6 Å². The minimum atomic E-state index is 0.950. The molecule has 0 aliphatic carbocycles. The molecule has 0 bridgehead atoms. The highest BCUT2D eigenvalue weighted by molar-refractivity contribution is 5.90. The molecule has 0 radical (unpaired) electrons. The first-order valence-corrected chi connectivity index (χ1v) is 15.2. The molecule has 0 spiro atoms. The van der Waals surface area contributed by atoms with Crippen LogP contribution in [0.3, 0.4) is 0 Å². The van der Waals surface area contributed by atoms with E-state index in [0.717, 1.165) is 50.4 Å². The summed E-state index contributed by atoms with van der Waals surface area (Å²) in [6.45, 7) is 0. The maximum absolute atomic E-state index is 5.23. The van der Waals surface area contributed by atoms with Crippen molar-refractivity contribution < 1.29 is 0 Å². The number of hydrogen-bond donors (Lipinski definition) is 0. The fourth-order valence-corrected chi connectivity index (χ4v) is 6.36. The highest BCUT2D eigenvalue weighted by atomic mass is 15.2. The summed E-state index contributed by atoms with van der Waals surface area (Å²) in [5, 5.41) is 12.2. The van der Waals surface area contributed by atoms with Crippen molar-refractivity contribution in [2.24, 2.45) is 0 Å². The van der Waals surface area contributed by atoms with Crippen LogP contribution < -0.4 is 0 Å². The molecular weight excluding hydrogens is 546 g/mol. The zero-order valence-corrected chi connectivity index (χ0v) is 24.4. The zero-order valence-electron chi connectivity index (χ0n) is 24.4. The van der Waals surface area contributed by atoms with Crippen LogP contribution in [0.25, 0.3) is 82.7 Å². The van der Waals surface area contributed by atoms with Gasteiger partial charge in [0.05, 0.1) is 22.6 Å². The predicted octanol–water partition coefficient (Wildman–Crippen LogP) is 10.9. The molecule has 0 N–H and O–H groups in total. The second kappa shape index (κ2) is 10.3. The summed E-state index contributed by atoms with van der Waals surface area (Å²) in [6, 6.07) is 56.0. The van der Waals surface area contributed by atoms with Crippen LogP contribution in [0.5, 0.6) is 0 Å². The Bertz CT molecular complexity index is 2410. The quantitative estimate of drug-likeness (QED) is 0.210. The molecule has 3 heterocycles. The van der Waals surface area contributed by atoms with Gasteiger partial charge in [0.1, 0.15) is 0 Å². The molecule has 0 amide bonds. The molecule has 0 saturated heterocycles. The summed E-state index contributed by atoms with van der Waals surface area (Å²) >= 11 is 0. The van der Waals surface area contributed by atoms with Gasteiger partial charge in [-0.25, -0.2) is 9.50 Å². The summed E-state index contributed by atoms with van der Waals surface area (Å²) in [7, 11) is 0. The van der Waals surface area contributed by atoms with E-state index < -0.39 is 0 Å². The number of aromatic nitrogens is 3. The van der Waals surface area contributed by atoms with Gasteiger partial charge in [-0.05, 0) is 80.5 Å². The molecule has 3 heteroatoms. The third kappa shape index (κ3) is 4.62. The third-order valence-corrected chi connectivity index (χ3v) is 8.73. The summed E-state index contributed by atoms with van der Waals surface area (Å²) in [5.41, 5.74) is 9.45. The number of fused-ring (bicyclic) bond motifs is 4. The molecule has 210 valence electrons. The van der Waals surface area contributed by atoms with Gasteiger partial charge in [0.25, 0.3) is 0 Å². The molecule has 45 heavy (non-hydrogen) atoms. The molecular formula is C42H27N3. The molecule has 0 fully saturated rings. The minimum Gasteiger partial charge on any atom is -0.248 e. The van der Waals surface area contributed by atoms with Crippen molar-refractivity contribution in [3.63, 3.8) is 0 Å². The molecule has 9 rings (SSSR count). The van der Waals surface area contributed by atoms with E-state index >= 15 is 0 Å². The molecule has 9 aromatic rings. The van der Waals surface area contributed by atoms with Crippen LogP contribution in [0.4, 0.5) is 0 Å². The largest absolute Gasteiger partial charge is 0.248 e. The number of hydrogen-bond acceptors (Lipinski definition) is 2. The van der Waals surface area contributed by atoms with Gasteiger partial charge in [-0.2, -0.15) is 5.10 Å². The van der Waals surface area contributed by atoms with E-state index in [4.69, 9.17) is 10.1 Å². The van der Waals surface area contributed by atoms with Crippen LogP contribution in [-0.2, 0) is 0 Å². The zero-order chi connectivity index (χ0) is 29.7. The molecule has 0 atom stereocenters. The molecule has 3 aromatic heterocycles. The van der Waals surface area contributed by atoms with Crippen LogP contribution in [0.15, 0.2) is 164 Å². The predicted molar refractivity (Wildman–Crippen MR) is 187 cm³/mol.